The van der Waals surface area contributed by atoms with Crippen LogP contribution in [0.3, 0.4) is 0 Å². The quantitative estimate of drug-likeness (QED) is 0.126. The molecule has 0 fully saturated rings. The molecule has 0 spiro atoms. The zero-order chi connectivity index (χ0) is 41.4. The lowest BCUT2D eigenvalue weighted by atomic mass is 10.1. The Morgan fingerprint density at radius 3 is 0.786 bits per heavy atom. The number of hydrogen-bond donors (Lipinski definition) is 0. The lowest BCUT2D eigenvalue weighted by Crippen LogP contribution is -2.23. The number of rotatable bonds is 18. The number of esters is 8. The highest BCUT2D eigenvalue weighted by Gasteiger charge is 2.20. The van der Waals surface area contributed by atoms with Gasteiger partial charge in [0.05, 0.1) is 33.4 Å². The van der Waals surface area contributed by atoms with Crippen molar-refractivity contribution in [3.8, 4) is 0 Å². The van der Waals surface area contributed by atoms with Crippen molar-refractivity contribution in [1.82, 2.24) is 0 Å². The average Bonchev–Trinajstić information content (AvgIpc) is 3.17. The highest BCUT2D eigenvalue weighted by Crippen LogP contribution is 2.14. The first kappa shape index (κ1) is 43.8. The Kier molecular flexibility index (Phi) is 16.7. The largest absolute Gasteiger partial charge is 0.462 e. The van der Waals surface area contributed by atoms with Gasteiger partial charge in [-0.2, -0.15) is 0 Å². The molecule has 0 aliphatic carbocycles. The van der Waals surface area contributed by atoms with E-state index in [9.17, 15) is 38.4 Å². The first-order valence-corrected chi connectivity index (χ1v) is 17.3. The molecular formula is C40H42O16. The summed E-state index contributed by atoms with van der Waals surface area (Å²) in [7, 11) is 0. The lowest BCUT2D eigenvalue weighted by molar-refractivity contribution is -0.147. The molecule has 0 heterocycles. The van der Waals surface area contributed by atoms with E-state index in [0.717, 1.165) is 0 Å². The molecular weight excluding hydrogens is 736 g/mol. The Morgan fingerprint density at radius 2 is 0.554 bits per heavy atom. The van der Waals surface area contributed by atoms with Gasteiger partial charge in [0.2, 0.25) is 0 Å². The highest BCUT2D eigenvalue weighted by molar-refractivity contribution is 5.95. The van der Waals surface area contributed by atoms with Crippen LogP contribution in [0.2, 0.25) is 0 Å². The number of benzene rings is 3. The molecule has 56 heavy (non-hydrogen) atoms. The molecule has 0 amide bonds. The molecule has 16 heteroatoms. The van der Waals surface area contributed by atoms with Gasteiger partial charge in [-0.3, -0.25) is 9.59 Å². The predicted octanol–water partition coefficient (Wildman–Crippen LogP) is 4.71. The van der Waals surface area contributed by atoms with Gasteiger partial charge >= 0.3 is 47.8 Å². The van der Waals surface area contributed by atoms with Crippen molar-refractivity contribution in [2.24, 2.45) is 0 Å². The summed E-state index contributed by atoms with van der Waals surface area (Å²) in [5.41, 5.74) is 0.843. The third-order valence-corrected chi connectivity index (χ3v) is 7.23. The van der Waals surface area contributed by atoms with Gasteiger partial charge < -0.3 is 37.9 Å². The van der Waals surface area contributed by atoms with E-state index >= 15 is 0 Å². The molecule has 0 saturated heterocycles. The van der Waals surface area contributed by atoms with Gasteiger partial charge in [0, 0.05) is 13.8 Å². The molecule has 3 aromatic carbocycles. The summed E-state index contributed by atoms with van der Waals surface area (Å²) in [4.78, 5) is 96.7. The maximum atomic E-state index is 12.6. The monoisotopic (exact) mass is 778 g/mol. The second-order valence-electron chi connectivity index (χ2n) is 12.4. The molecule has 0 aliphatic rings. The van der Waals surface area contributed by atoms with Crippen LogP contribution < -0.4 is 0 Å². The summed E-state index contributed by atoms with van der Waals surface area (Å²) < 4.78 is 41.1. The van der Waals surface area contributed by atoms with Crippen LogP contribution in [0.1, 0.15) is 104 Å². The number of ether oxygens (including phenoxy) is 8. The van der Waals surface area contributed by atoms with Crippen LogP contribution >= 0.6 is 0 Å². The molecule has 0 aliphatic heterocycles. The Balaban J connectivity index is 1.39. The van der Waals surface area contributed by atoms with Crippen molar-refractivity contribution in [3.63, 3.8) is 0 Å². The van der Waals surface area contributed by atoms with Gasteiger partial charge in [0.15, 0.2) is 0 Å². The average molecular weight is 779 g/mol. The van der Waals surface area contributed by atoms with Crippen LogP contribution in [-0.4, -0.2) is 98.6 Å². The summed E-state index contributed by atoms with van der Waals surface area (Å²) in [6, 6.07) is 16.4. The minimum Gasteiger partial charge on any atom is -0.462 e. The maximum Gasteiger partial charge on any atom is 0.338 e. The Hall–Kier alpha value is -6.58. The van der Waals surface area contributed by atoms with Gasteiger partial charge in [-0.15, -0.1) is 0 Å². The summed E-state index contributed by atoms with van der Waals surface area (Å²) in [5.74, 6) is -5.25. The van der Waals surface area contributed by atoms with E-state index in [-0.39, 0.29) is 59.8 Å². The van der Waals surface area contributed by atoms with E-state index in [1.54, 1.807) is 13.8 Å². The first-order valence-electron chi connectivity index (χ1n) is 17.3. The molecule has 3 aromatic rings. The fourth-order valence-corrected chi connectivity index (χ4v) is 4.46. The van der Waals surface area contributed by atoms with Gasteiger partial charge in [0.1, 0.15) is 50.8 Å². The Bertz CT molecular complexity index is 1870. The maximum absolute atomic E-state index is 12.6. The molecule has 0 saturated carbocycles. The van der Waals surface area contributed by atoms with Gasteiger partial charge in [0.25, 0.3) is 0 Å². The Labute approximate surface area is 322 Å². The minimum absolute atomic E-state index is 0.0938. The fraction of sp³-hybridized carbons (Fsp3) is 0.350. The number of carbonyl (C=O) groups excluding carboxylic acids is 8. The van der Waals surface area contributed by atoms with Crippen LogP contribution in [0.15, 0.2) is 72.8 Å². The smallest absolute Gasteiger partial charge is 0.338 e. The second-order valence-corrected chi connectivity index (χ2v) is 12.4. The molecule has 4 atom stereocenters. The van der Waals surface area contributed by atoms with E-state index < -0.39 is 72.2 Å². The number of carbonyl (C=O) groups is 8. The SMILES string of the molecule is CC(=O)OCC(C)OC(=O)c1ccc(C(=O)OCC(C)OC(=O)c2ccc(C(=O)OCC(C)OC(=O)c3ccc(C(=O)OCC(C)OC(C)=O)cc3)cc2)cc1. The summed E-state index contributed by atoms with van der Waals surface area (Å²) in [6.07, 6.45) is -2.96. The van der Waals surface area contributed by atoms with Crippen molar-refractivity contribution < 1.29 is 76.3 Å². The van der Waals surface area contributed by atoms with E-state index in [4.69, 9.17) is 37.9 Å². The second kappa shape index (κ2) is 21.3. The normalized spacial score (nSPS) is 12.7. The Morgan fingerprint density at radius 1 is 0.339 bits per heavy atom. The minimum atomic E-state index is -0.837. The van der Waals surface area contributed by atoms with Crippen molar-refractivity contribution in [2.75, 3.05) is 26.4 Å². The molecule has 16 nitrogen and oxygen atoms in total. The zero-order valence-electron chi connectivity index (χ0n) is 31.6. The number of hydrogen-bond acceptors (Lipinski definition) is 16. The van der Waals surface area contributed by atoms with Crippen molar-refractivity contribution >= 4 is 47.8 Å². The van der Waals surface area contributed by atoms with Crippen molar-refractivity contribution in [3.05, 3.63) is 106 Å². The van der Waals surface area contributed by atoms with Crippen LogP contribution in [0, 0.1) is 0 Å². The lowest BCUT2D eigenvalue weighted by Gasteiger charge is -2.15. The standard InChI is InChI=1S/C40H42O16/c1-23(53-28(6)42)20-50-35(43)29-7-15-33(16-8-29)39(47)55-25(3)22-52-37(45)31-11-17-34(18-12-31)40(48)56-26(4)21-51-36(44)30-9-13-32(14-10-30)38(46)54-24(2)19-49-27(5)41/h7-18,23-26H,19-22H2,1-6H3. The zero-order valence-corrected chi connectivity index (χ0v) is 31.6. The summed E-state index contributed by atoms with van der Waals surface area (Å²) in [5, 5.41) is 0. The van der Waals surface area contributed by atoms with Crippen molar-refractivity contribution in [1.29, 1.82) is 0 Å². The molecule has 298 valence electrons. The van der Waals surface area contributed by atoms with Gasteiger partial charge in [-0.05, 0) is 100 Å². The summed E-state index contributed by atoms with van der Waals surface area (Å²) >= 11 is 0. The van der Waals surface area contributed by atoms with Crippen LogP contribution in [0.5, 0.6) is 0 Å². The third kappa shape index (κ3) is 14.7. The summed E-state index contributed by atoms with van der Waals surface area (Å²) in [6.45, 7) is 7.88. The molecule has 0 N–H and O–H groups in total. The molecule has 3 rings (SSSR count). The molecule has 0 radical (unpaired) electrons. The molecule has 0 bridgehead atoms. The van der Waals surface area contributed by atoms with Gasteiger partial charge in [-0.1, -0.05) is 0 Å². The molecule has 0 aromatic heterocycles. The van der Waals surface area contributed by atoms with Crippen LogP contribution in [-0.2, 0) is 47.5 Å². The van der Waals surface area contributed by atoms with Crippen LogP contribution in [0.4, 0.5) is 0 Å². The fourth-order valence-electron chi connectivity index (χ4n) is 4.46. The predicted molar refractivity (Wildman–Crippen MR) is 193 cm³/mol. The highest BCUT2D eigenvalue weighted by atomic mass is 16.6. The third-order valence-electron chi connectivity index (χ3n) is 7.23. The topological polar surface area (TPSA) is 210 Å². The van der Waals surface area contributed by atoms with E-state index in [2.05, 4.69) is 0 Å². The van der Waals surface area contributed by atoms with Crippen LogP contribution in [0.25, 0.3) is 0 Å². The van der Waals surface area contributed by atoms with E-state index in [0.29, 0.717) is 0 Å². The van der Waals surface area contributed by atoms with Crippen molar-refractivity contribution in [2.45, 2.75) is 66.0 Å². The van der Waals surface area contributed by atoms with E-state index in [1.165, 1.54) is 100 Å². The van der Waals surface area contributed by atoms with E-state index in [1.807, 2.05) is 0 Å². The molecule has 4 unspecified atom stereocenters. The first-order chi connectivity index (χ1) is 26.5. The van der Waals surface area contributed by atoms with Gasteiger partial charge in [-0.25, -0.2) is 28.8 Å².